The highest BCUT2D eigenvalue weighted by Crippen LogP contribution is 2.49. The van der Waals surface area contributed by atoms with Crippen LogP contribution in [-0.4, -0.2) is 25.7 Å². The van der Waals surface area contributed by atoms with Crippen LogP contribution in [0, 0.1) is 17.8 Å². The largest absolute Gasteiger partial charge is 0.468 e. The van der Waals surface area contributed by atoms with Gasteiger partial charge in [0.15, 0.2) is 0 Å². The molecule has 2 saturated carbocycles. The van der Waals surface area contributed by atoms with E-state index >= 15 is 0 Å². The summed E-state index contributed by atoms with van der Waals surface area (Å²) in [6, 6.07) is 0.458. The van der Waals surface area contributed by atoms with Gasteiger partial charge in [-0.05, 0) is 43.9 Å². The molecule has 86 valence electrons. The predicted octanol–water partition coefficient (Wildman–Crippen LogP) is 1.57. The Morgan fingerprint density at radius 2 is 2.27 bits per heavy atom. The molecule has 0 aromatic rings. The molecule has 4 unspecified atom stereocenters. The summed E-state index contributed by atoms with van der Waals surface area (Å²) in [6.45, 7) is 2.56. The third kappa shape index (κ3) is 2.33. The molecule has 0 aromatic heterocycles. The van der Waals surface area contributed by atoms with Crippen LogP contribution in [0.1, 0.15) is 32.6 Å². The maximum absolute atomic E-state index is 11.0. The molecule has 1 N–H and O–H groups in total. The van der Waals surface area contributed by atoms with E-state index in [0.29, 0.717) is 12.6 Å². The van der Waals surface area contributed by atoms with Crippen LogP contribution in [0.3, 0.4) is 0 Å². The van der Waals surface area contributed by atoms with Crippen molar-refractivity contribution in [2.24, 2.45) is 17.8 Å². The Balaban J connectivity index is 1.76. The number of carbonyl (C=O) groups excluding carboxylic acids is 1. The molecular formula is C12H21NO2. The van der Waals surface area contributed by atoms with Gasteiger partial charge in [-0.2, -0.15) is 0 Å². The second-order valence-electron chi connectivity index (χ2n) is 5.08. The highest BCUT2D eigenvalue weighted by atomic mass is 16.5. The van der Waals surface area contributed by atoms with Crippen LogP contribution < -0.4 is 5.32 Å². The zero-order valence-electron chi connectivity index (χ0n) is 9.66. The van der Waals surface area contributed by atoms with E-state index in [0.717, 1.165) is 17.8 Å². The molecule has 0 aromatic carbocycles. The van der Waals surface area contributed by atoms with Crippen LogP contribution >= 0.6 is 0 Å². The number of rotatable bonds is 4. The lowest BCUT2D eigenvalue weighted by Crippen LogP contribution is -2.39. The Kier molecular flexibility index (Phi) is 3.29. The molecule has 2 aliphatic rings. The number of hydrogen-bond acceptors (Lipinski definition) is 3. The summed E-state index contributed by atoms with van der Waals surface area (Å²) in [7, 11) is 1.44. The molecule has 0 spiro atoms. The fraction of sp³-hybridized carbons (Fsp3) is 0.917. The molecule has 0 heterocycles. The Morgan fingerprint density at radius 3 is 2.80 bits per heavy atom. The summed E-state index contributed by atoms with van der Waals surface area (Å²) in [5, 5.41) is 3.29. The Bertz CT molecular complexity index is 242. The van der Waals surface area contributed by atoms with E-state index in [1.165, 1.54) is 32.8 Å². The zero-order valence-corrected chi connectivity index (χ0v) is 9.66. The molecule has 3 nitrogen and oxygen atoms in total. The van der Waals surface area contributed by atoms with Crippen molar-refractivity contribution >= 4 is 5.97 Å². The minimum absolute atomic E-state index is 0.162. The number of hydrogen-bond donors (Lipinski definition) is 1. The van der Waals surface area contributed by atoms with E-state index in [1.54, 1.807) is 0 Å². The molecule has 3 heteroatoms. The van der Waals surface area contributed by atoms with Crippen LogP contribution in [0.2, 0.25) is 0 Å². The van der Waals surface area contributed by atoms with Crippen LogP contribution in [-0.2, 0) is 9.53 Å². The molecule has 15 heavy (non-hydrogen) atoms. The van der Waals surface area contributed by atoms with Gasteiger partial charge in [0.25, 0.3) is 0 Å². The monoisotopic (exact) mass is 211 g/mol. The van der Waals surface area contributed by atoms with Crippen molar-refractivity contribution in [3.63, 3.8) is 0 Å². The van der Waals surface area contributed by atoms with Crippen LogP contribution in [0.15, 0.2) is 0 Å². The van der Waals surface area contributed by atoms with Gasteiger partial charge in [0, 0.05) is 6.04 Å². The van der Waals surface area contributed by atoms with Crippen molar-refractivity contribution in [3.8, 4) is 0 Å². The smallest absolute Gasteiger partial charge is 0.319 e. The standard InChI is InChI=1S/C12H21NO2/c1-8(13-7-12(14)15-2)11-6-9-3-4-10(11)5-9/h8-11,13H,3-7H2,1-2H3. The lowest BCUT2D eigenvalue weighted by molar-refractivity contribution is -0.139. The number of methoxy groups -OCH3 is 1. The van der Waals surface area contributed by atoms with Crippen molar-refractivity contribution in [2.45, 2.75) is 38.6 Å². The Morgan fingerprint density at radius 1 is 1.47 bits per heavy atom. The first-order chi connectivity index (χ1) is 7.20. The van der Waals surface area contributed by atoms with E-state index in [9.17, 15) is 4.79 Å². The average molecular weight is 211 g/mol. The fourth-order valence-corrected chi connectivity index (χ4v) is 3.37. The molecule has 2 fully saturated rings. The zero-order chi connectivity index (χ0) is 10.8. The van der Waals surface area contributed by atoms with Gasteiger partial charge in [-0.1, -0.05) is 6.42 Å². The third-order valence-corrected chi connectivity index (χ3v) is 4.23. The second-order valence-corrected chi connectivity index (χ2v) is 5.08. The molecule has 2 bridgehead atoms. The van der Waals surface area contributed by atoms with Gasteiger partial charge in [0.1, 0.15) is 0 Å². The number of fused-ring (bicyclic) bond motifs is 2. The third-order valence-electron chi connectivity index (χ3n) is 4.23. The highest BCUT2D eigenvalue weighted by molar-refractivity contribution is 5.71. The predicted molar refractivity (Wildman–Crippen MR) is 58.4 cm³/mol. The molecule has 2 rings (SSSR count). The van der Waals surface area contributed by atoms with E-state index < -0.39 is 0 Å². The van der Waals surface area contributed by atoms with Gasteiger partial charge >= 0.3 is 5.97 Å². The molecule has 0 aliphatic heterocycles. The van der Waals surface area contributed by atoms with E-state index in [4.69, 9.17) is 0 Å². The minimum atomic E-state index is -0.162. The summed E-state index contributed by atoms with van der Waals surface area (Å²) < 4.78 is 4.62. The van der Waals surface area contributed by atoms with Gasteiger partial charge in [0.05, 0.1) is 13.7 Å². The van der Waals surface area contributed by atoms with Crippen molar-refractivity contribution in [3.05, 3.63) is 0 Å². The highest BCUT2D eigenvalue weighted by Gasteiger charge is 2.41. The van der Waals surface area contributed by atoms with E-state index in [1.807, 2.05) is 0 Å². The van der Waals surface area contributed by atoms with E-state index in [2.05, 4.69) is 17.0 Å². The van der Waals surface area contributed by atoms with Crippen molar-refractivity contribution in [2.75, 3.05) is 13.7 Å². The van der Waals surface area contributed by atoms with Crippen molar-refractivity contribution in [1.82, 2.24) is 5.32 Å². The first-order valence-electron chi connectivity index (χ1n) is 6.01. The van der Waals surface area contributed by atoms with Crippen LogP contribution in [0.4, 0.5) is 0 Å². The maximum Gasteiger partial charge on any atom is 0.319 e. The molecule has 2 aliphatic carbocycles. The molecule has 0 saturated heterocycles. The normalized spacial score (nSPS) is 35.5. The molecule has 4 atom stereocenters. The van der Waals surface area contributed by atoms with Gasteiger partial charge < -0.3 is 10.1 Å². The summed E-state index contributed by atoms with van der Waals surface area (Å²) in [5.41, 5.74) is 0. The maximum atomic E-state index is 11.0. The first-order valence-corrected chi connectivity index (χ1v) is 6.01. The number of ether oxygens (including phenoxy) is 1. The summed E-state index contributed by atoms with van der Waals surface area (Å²) >= 11 is 0. The van der Waals surface area contributed by atoms with E-state index in [-0.39, 0.29) is 5.97 Å². The number of nitrogens with one attached hydrogen (secondary N) is 1. The van der Waals surface area contributed by atoms with Crippen molar-refractivity contribution < 1.29 is 9.53 Å². The Labute approximate surface area is 91.6 Å². The van der Waals surface area contributed by atoms with Crippen LogP contribution in [0.5, 0.6) is 0 Å². The lowest BCUT2D eigenvalue weighted by atomic mass is 9.84. The first kappa shape index (κ1) is 10.9. The summed E-state index contributed by atoms with van der Waals surface area (Å²) in [4.78, 5) is 11.0. The molecular weight excluding hydrogens is 190 g/mol. The van der Waals surface area contributed by atoms with Gasteiger partial charge in [-0.3, -0.25) is 4.79 Å². The minimum Gasteiger partial charge on any atom is -0.468 e. The second kappa shape index (κ2) is 4.52. The fourth-order valence-electron chi connectivity index (χ4n) is 3.37. The SMILES string of the molecule is COC(=O)CNC(C)C1CC2CCC1C2. The quantitative estimate of drug-likeness (QED) is 0.717. The number of esters is 1. The van der Waals surface area contributed by atoms with Gasteiger partial charge in [0.2, 0.25) is 0 Å². The summed E-state index contributed by atoms with van der Waals surface area (Å²) in [5.74, 6) is 2.51. The molecule has 0 radical (unpaired) electrons. The van der Waals surface area contributed by atoms with Crippen LogP contribution in [0.25, 0.3) is 0 Å². The topological polar surface area (TPSA) is 38.3 Å². The summed E-state index contributed by atoms with van der Waals surface area (Å²) in [6.07, 6.45) is 5.62. The Hall–Kier alpha value is -0.570. The van der Waals surface area contributed by atoms with Gasteiger partial charge in [-0.25, -0.2) is 0 Å². The number of carbonyl (C=O) groups is 1. The lowest BCUT2D eigenvalue weighted by Gasteiger charge is -2.28. The molecule has 0 amide bonds. The van der Waals surface area contributed by atoms with Gasteiger partial charge in [-0.15, -0.1) is 0 Å². The average Bonchev–Trinajstić information content (AvgIpc) is 2.86. The van der Waals surface area contributed by atoms with Crippen molar-refractivity contribution in [1.29, 1.82) is 0 Å².